The number of nitrogens with two attached hydrogens (primary N) is 1. The molecule has 0 saturated carbocycles. The summed E-state index contributed by atoms with van der Waals surface area (Å²) in [5.41, 5.74) is 7.19. The van der Waals surface area contributed by atoms with Crippen LogP contribution in [0.15, 0.2) is 12.1 Å². The Morgan fingerprint density at radius 3 is 2.05 bits per heavy atom. The third-order valence-corrected chi connectivity index (χ3v) is 3.27. The zero-order chi connectivity index (χ0) is 16.6. The molecule has 21 heavy (non-hydrogen) atoms. The molecule has 0 aliphatic carbocycles. The smallest absolute Gasteiger partial charge is 0.412 e. The molecule has 5 nitrogen and oxygen atoms in total. The van der Waals surface area contributed by atoms with Crippen LogP contribution in [0.5, 0.6) is 5.75 Å². The SMILES string of the molecule is COc1c(N)cc(C(C)(C)C)cc1N(C(=O)O)C(C)(C)C. The lowest BCUT2D eigenvalue weighted by Crippen LogP contribution is -2.45. The van der Waals surface area contributed by atoms with Gasteiger partial charge in [-0.3, -0.25) is 4.90 Å². The molecule has 0 unspecified atom stereocenters. The van der Waals surface area contributed by atoms with Crippen molar-refractivity contribution in [3.63, 3.8) is 0 Å². The fourth-order valence-corrected chi connectivity index (χ4v) is 2.21. The summed E-state index contributed by atoms with van der Waals surface area (Å²) in [7, 11) is 1.49. The van der Waals surface area contributed by atoms with Gasteiger partial charge in [0.05, 0.1) is 18.5 Å². The molecule has 0 aliphatic rings. The van der Waals surface area contributed by atoms with E-state index in [1.807, 2.05) is 32.9 Å². The van der Waals surface area contributed by atoms with Gasteiger partial charge in [-0.15, -0.1) is 0 Å². The molecule has 5 heteroatoms. The number of carbonyl (C=O) groups is 1. The monoisotopic (exact) mass is 294 g/mol. The van der Waals surface area contributed by atoms with Gasteiger partial charge in [-0.1, -0.05) is 20.8 Å². The average Bonchev–Trinajstić information content (AvgIpc) is 2.24. The summed E-state index contributed by atoms with van der Waals surface area (Å²) < 4.78 is 5.34. The molecule has 1 aromatic rings. The van der Waals surface area contributed by atoms with Crippen molar-refractivity contribution in [3.8, 4) is 5.75 Å². The zero-order valence-corrected chi connectivity index (χ0v) is 13.9. The highest BCUT2D eigenvalue weighted by molar-refractivity contribution is 5.92. The Labute approximate surface area is 126 Å². The molecule has 0 fully saturated rings. The van der Waals surface area contributed by atoms with Crippen LogP contribution < -0.4 is 15.4 Å². The van der Waals surface area contributed by atoms with Crippen molar-refractivity contribution >= 4 is 17.5 Å². The minimum atomic E-state index is -1.04. The van der Waals surface area contributed by atoms with Crippen molar-refractivity contribution in [2.75, 3.05) is 17.7 Å². The highest BCUT2D eigenvalue weighted by Gasteiger charge is 2.32. The van der Waals surface area contributed by atoms with E-state index >= 15 is 0 Å². The van der Waals surface area contributed by atoms with Crippen LogP contribution in [0.3, 0.4) is 0 Å². The van der Waals surface area contributed by atoms with E-state index in [1.165, 1.54) is 12.0 Å². The molecule has 0 heterocycles. The minimum absolute atomic E-state index is 0.142. The molecule has 0 aliphatic heterocycles. The van der Waals surface area contributed by atoms with Crippen LogP contribution in [-0.4, -0.2) is 23.8 Å². The molecule has 0 atom stereocenters. The van der Waals surface area contributed by atoms with E-state index in [2.05, 4.69) is 20.8 Å². The first-order chi connectivity index (χ1) is 9.39. The summed E-state index contributed by atoms with van der Waals surface area (Å²) in [5.74, 6) is 0.389. The fraction of sp³-hybridized carbons (Fsp3) is 0.562. The quantitative estimate of drug-likeness (QED) is 0.812. The van der Waals surface area contributed by atoms with Crippen molar-refractivity contribution in [1.29, 1.82) is 0 Å². The van der Waals surface area contributed by atoms with Crippen molar-refractivity contribution in [3.05, 3.63) is 17.7 Å². The van der Waals surface area contributed by atoms with Crippen LogP contribution in [0, 0.1) is 0 Å². The highest BCUT2D eigenvalue weighted by Crippen LogP contribution is 2.41. The number of anilines is 2. The van der Waals surface area contributed by atoms with E-state index in [4.69, 9.17) is 10.5 Å². The van der Waals surface area contributed by atoms with Gasteiger partial charge in [0.15, 0.2) is 5.75 Å². The number of methoxy groups -OCH3 is 1. The Kier molecular flexibility index (Phi) is 4.46. The molecular formula is C16H26N2O3. The van der Waals surface area contributed by atoms with Crippen LogP contribution in [0.1, 0.15) is 47.1 Å². The Hall–Kier alpha value is -1.91. The molecule has 1 amide bonds. The van der Waals surface area contributed by atoms with Crippen LogP contribution in [0.25, 0.3) is 0 Å². The normalized spacial score (nSPS) is 12.1. The number of carboxylic acid groups (broad SMARTS) is 1. The number of ether oxygens (including phenoxy) is 1. The van der Waals surface area contributed by atoms with E-state index in [-0.39, 0.29) is 5.41 Å². The summed E-state index contributed by atoms with van der Waals surface area (Å²) in [6, 6.07) is 3.68. The number of amides is 1. The lowest BCUT2D eigenvalue weighted by Gasteiger charge is -2.35. The molecule has 0 spiro atoms. The van der Waals surface area contributed by atoms with Crippen molar-refractivity contribution < 1.29 is 14.6 Å². The predicted molar refractivity (Wildman–Crippen MR) is 86.4 cm³/mol. The Bertz CT molecular complexity index is 540. The van der Waals surface area contributed by atoms with E-state index in [0.717, 1.165) is 5.56 Å². The van der Waals surface area contributed by atoms with E-state index in [9.17, 15) is 9.90 Å². The lowest BCUT2D eigenvalue weighted by atomic mass is 9.86. The van der Waals surface area contributed by atoms with Crippen LogP contribution in [0.4, 0.5) is 16.2 Å². The van der Waals surface area contributed by atoms with Gasteiger partial charge in [-0.05, 0) is 43.9 Å². The van der Waals surface area contributed by atoms with Crippen LogP contribution in [-0.2, 0) is 5.41 Å². The minimum Gasteiger partial charge on any atom is -0.492 e. The van der Waals surface area contributed by atoms with E-state index < -0.39 is 11.6 Å². The van der Waals surface area contributed by atoms with Gasteiger partial charge >= 0.3 is 6.09 Å². The zero-order valence-electron chi connectivity index (χ0n) is 13.9. The number of hydrogen-bond donors (Lipinski definition) is 2. The standard InChI is InChI=1S/C16H26N2O3/c1-15(2,3)10-8-11(17)13(21-7)12(9-10)18(14(19)20)16(4,5)6/h8-9H,17H2,1-7H3,(H,19,20). The summed E-state index contributed by atoms with van der Waals surface area (Å²) in [6.07, 6.45) is -1.04. The van der Waals surface area contributed by atoms with Crippen LogP contribution >= 0.6 is 0 Å². The maximum atomic E-state index is 11.7. The van der Waals surface area contributed by atoms with Gasteiger partial charge in [-0.25, -0.2) is 4.79 Å². The number of nitrogens with zero attached hydrogens (tertiary/aromatic N) is 1. The second-order valence-electron chi connectivity index (χ2n) is 7.16. The van der Waals surface area contributed by atoms with Gasteiger partial charge in [0.2, 0.25) is 0 Å². The molecule has 0 saturated heterocycles. The first-order valence-electron chi connectivity index (χ1n) is 6.90. The Morgan fingerprint density at radius 1 is 1.19 bits per heavy atom. The molecule has 0 aromatic heterocycles. The van der Waals surface area contributed by atoms with Gasteiger partial charge < -0.3 is 15.6 Å². The molecule has 3 N–H and O–H groups in total. The fourth-order valence-electron chi connectivity index (χ4n) is 2.21. The maximum Gasteiger partial charge on any atom is 0.412 e. The van der Waals surface area contributed by atoms with Gasteiger partial charge in [-0.2, -0.15) is 0 Å². The van der Waals surface area contributed by atoms with Crippen LogP contribution in [0.2, 0.25) is 0 Å². The largest absolute Gasteiger partial charge is 0.492 e. The Balaban J connectivity index is 3.65. The predicted octanol–water partition coefficient (Wildman–Crippen LogP) is 3.86. The lowest BCUT2D eigenvalue weighted by molar-refractivity contribution is 0.195. The Morgan fingerprint density at radius 2 is 1.71 bits per heavy atom. The highest BCUT2D eigenvalue weighted by atomic mass is 16.5. The summed E-state index contributed by atoms with van der Waals surface area (Å²) in [4.78, 5) is 13.0. The maximum absolute atomic E-state index is 11.7. The molecule has 1 rings (SSSR count). The molecule has 118 valence electrons. The van der Waals surface area contributed by atoms with Crippen molar-refractivity contribution in [2.45, 2.75) is 52.5 Å². The third kappa shape index (κ3) is 3.60. The molecule has 0 bridgehead atoms. The number of benzene rings is 1. The first-order valence-corrected chi connectivity index (χ1v) is 6.90. The second-order valence-corrected chi connectivity index (χ2v) is 7.16. The van der Waals surface area contributed by atoms with E-state index in [1.54, 1.807) is 0 Å². The van der Waals surface area contributed by atoms with E-state index in [0.29, 0.717) is 17.1 Å². The van der Waals surface area contributed by atoms with Crippen molar-refractivity contribution in [2.24, 2.45) is 0 Å². The number of hydrogen-bond acceptors (Lipinski definition) is 3. The number of rotatable bonds is 2. The van der Waals surface area contributed by atoms with Gasteiger partial charge in [0.25, 0.3) is 0 Å². The summed E-state index contributed by atoms with van der Waals surface area (Å²) >= 11 is 0. The summed E-state index contributed by atoms with van der Waals surface area (Å²) in [6.45, 7) is 11.7. The van der Waals surface area contributed by atoms with Gasteiger partial charge in [0.1, 0.15) is 0 Å². The number of nitrogen functional groups attached to an aromatic ring is 1. The summed E-state index contributed by atoms with van der Waals surface area (Å²) in [5, 5.41) is 9.60. The molecule has 1 aromatic carbocycles. The molecular weight excluding hydrogens is 268 g/mol. The van der Waals surface area contributed by atoms with Crippen molar-refractivity contribution in [1.82, 2.24) is 0 Å². The second kappa shape index (κ2) is 5.47. The topological polar surface area (TPSA) is 75.8 Å². The first kappa shape index (κ1) is 17.1. The average molecular weight is 294 g/mol. The molecule has 0 radical (unpaired) electrons. The van der Waals surface area contributed by atoms with Gasteiger partial charge in [0, 0.05) is 5.54 Å². The third-order valence-electron chi connectivity index (χ3n) is 3.27.